The molecule has 0 bridgehead atoms. The Balaban J connectivity index is 3.25. The van der Waals surface area contributed by atoms with Crippen molar-refractivity contribution in [2.45, 2.75) is 0 Å². The average molecular weight is 267 g/mol. The fourth-order valence-electron chi connectivity index (χ4n) is 0.808. The summed E-state index contributed by atoms with van der Waals surface area (Å²) in [4.78, 5) is 0. The Labute approximate surface area is 77.6 Å². The highest BCUT2D eigenvalue weighted by atomic mass is 127. The summed E-state index contributed by atoms with van der Waals surface area (Å²) < 4.78 is 13.6. The van der Waals surface area contributed by atoms with Gasteiger partial charge < -0.3 is 10.4 Å². The summed E-state index contributed by atoms with van der Waals surface area (Å²) in [7, 11) is 1.56. The minimum Gasteiger partial charge on any atom is -0.506 e. The summed E-state index contributed by atoms with van der Waals surface area (Å²) in [5.74, 6) is -0.492. The summed E-state index contributed by atoms with van der Waals surface area (Å²) in [5, 5.41) is 11.7. The smallest absolute Gasteiger partial charge is 0.151 e. The molecule has 2 N–H and O–H groups in total. The van der Waals surface area contributed by atoms with Crippen molar-refractivity contribution in [2.24, 2.45) is 0 Å². The zero-order chi connectivity index (χ0) is 8.43. The molecule has 0 saturated heterocycles. The van der Waals surface area contributed by atoms with Crippen molar-refractivity contribution < 1.29 is 9.50 Å². The summed E-state index contributed by atoms with van der Waals surface area (Å²) in [5.41, 5.74) is 0.144. The van der Waals surface area contributed by atoms with Gasteiger partial charge >= 0.3 is 0 Å². The topological polar surface area (TPSA) is 32.3 Å². The molecule has 0 heterocycles. The fraction of sp³-hybridized carbons (Fsp3) is 0.143. The van der Waals surface area contributed by atoms with Crippen LogP contribution >= 0.6 is 22.6 Å². The van der Waals surface area contributed by atoms with Crippen molar-refractivity contribution in [3.63, 3.8) is 0 Å². The van der Waals surface area contributed by atoms with Crippen LogP contribution in [0.2, 0.25) is 0 Å². The molecular formula is C7H7FINO. The molecule has 0 spiro atoms. The summed E-state index contributed by atoms with van der Waals surface area (Å²) in [6, 6.07) is 2.85. The molecule has 1 aromatic rings. The lowest BCUT2D eigenvalue weighted by Gasteiger charge is -2.04. The molecule has 4 heteroatoms. The molecule has 1 rings (SSSR count). The number of rotatable bonds is 1. The van der Waals surface area contributed by atoms with Gasteiger partial charge in [-0.2, -0.15) is 0 Å². The zero-order valence-corrected chi connectivity index (χ0v) is 8.02. The van der Waals surface area contributed by atoms with Crippen LogP contribution in [0, 0.1) is 9.39 Å². The molecule has 0 radical (unpaired) electrons. The molecule has 0 saturated carbocycles. The fourth-order valence-corrected chi connectivity index (χ4v) is 1.38. The molecule has 11 heavy (non-hydrogen) atoms. The Kier molecular flexibility index (Phi) is 2.53. The van der Waals surface area contributed by atoms with Gasteiger partial charge in [0.15, 0.2) is 5.82 Å². The Morgan fingerprint density at radius 1 is 1.55 bits per heavy atom. The lowest BCUT2D eigenvalue weighted by Crippen LogP contribution is -1.93. The zero-order valence-electron chi connectivity index (χ0n) is 5.86. The first-order chi connectivity index (χ1) is 5.15. The number of anilines is 1. The van der Waals surface area contributed by atoms with Crippen LogP contribution in [0.25, 0.3) is 0 Å². The van der Waals surface area contributed by atoms with Crippen LogP contribution in [-0.4, -0.2) is 12.2 Å². The van der Waals surface area contributed by atoms with Crippen molar-refractivity contribution in [1.82, 2.24) is 0 Å². The standard InChI is InChI=1S/C7H7FINO/c1-10-7-5(8)2-4(9)3-6(7)11/h2-3,10-11H,1H3. The number of benzene rings is 1. The van der Waals surface area contributed by atoms with Gasteiger partial charge in [-0.1, -0.05) is 0 Å². The molecule has 0 aliphatic heterocycles. The van der Waals surface area contributed by atoms with Crippen LogP contribution in [0.15, 0.2) is 12.1 Å². The first-order valence-corrected chi connectivity index (χ1v) is 4.09. The van der Waals surface area contributed by atoms with Crippen LogP contribution in [0.4, 0.5) is 10.1 Å². The maximum atomic E-state index is 12.9. The van der Waals surface area contributed by atoms with E-state index in [0.29, 0.717) is 3.57 Å². The van der Waals surface area contributed by atoms with E-state index in [0.717, 1.165) is 0 Å². The van der Waals surface area contributed by atoms with Crippen LogP contribution < -0.4 is 5.32 Å². The lowest BCUT2D eigenvalue weighted by atomic mass is 10.3. The van der Waals surface area contributed by atoms with Crippen LogP contribution in [-0.2, 0) is 0 Å². The molecule has 0 atom stereocenters. The monoisotopic (exact) mass is 267 g/mol. The van der Waals surface area contributed by atoms with Gasteiger partial charge in [0.1, 0.15) is 11.4 Å². The molecule has 2 nitrogen and oxygen atoms in total. The van der Waals surface area contributed by atoms with Gasteiger partial charge in [-0.15, -0.1) is 0 Å². The largest absolute Gasteiger partial charge is 0.506 e. The van der Waals surface area contributed by atoms with Crippen molar-refractivity contribution >= 4 is 28.3 Å². The molecule has 0 aliphatic carbocycles. The van der Waals surface area contributed by atoms with Crippen LogP contribution in [0.5, 0.6) is 5.75 Å². The number of halogens is 2. The second kappa shape index (κ2) is 3.25. The predicted octanol–water partition coefficient (Wildman–Crippen LogP) is 2.18. The molecule has 1 aromatic carbocycles. The second-order valence-corrected chi connectivity index (χ2v) is 3.28. The van der Waals surface area contributed by atoms with E-state index in [9.17, 15) is 4.39 Å². The third kappa shape index (κ3) is 1.74. The lowest BCUT2D eigenvalue weighted by molar-refractivity contribution is 0.471. The summed E-state index contributed by atoms with van der Waals surface area (Å²) in [6.07, 6.45) is 0. The van der Waals surface area contributed by atoms with E-state index in [1.54, 1.807) is 7.05 Å². The summed E-state index contributed by atoms with van der Waals surface area (Å²) in [6.45, 7) is 0. The first-order valence-electron chi connectivity index (χ1n) is 3.01. The molecular weight excluding hydrogens is 260 g/mol. The number of hydrogen-bond donors (Lipinski definition) is 2. The van der Waals surface area contributed by atoms with E-state index in [2.05, 4.69) is 5.32 Å². The molecule has 0 unspecified atom stereocenters. The third-order valence-corrected chi connectivity index (χ3v) is 1.91. The minimum absolute atomic E-state index is 0.0584. The van der Waals surface area contributed by atoms with Crippen LogP contribution in [0.3, 0.4) is 0 Å². The highest BCUT2D eigenvalue weighted by Crippen LogP contribution is 2.27. The molecule has 60 valence electrons. The Morgan fingerprint density at radius 3 is 2.64 bits per heavy atom. The quantitative estimate of drug-likeness (QED) is 0.603. The van der Waals surface area contributed by atoms with Gasteiger partial charge in [0.05, 0.1) is 0 Å². The molecule has 0 aliphatic rings. The molecule has 0 fully saturated rings. The first kappa shape index (κ1) is 8.58. The molecule has 0 amide bonds. The van der Waals surface area contributed by atoms with E-state index in [4.69, 9.17) is 5.11 Å². The van der Waals surface area contributed by atoms with Gasteiger partial charge in [-0.05, 0) is 34.7 Å². The number of aromatic hydroxyl groups is 1. The van der Waals surface area contributed by atoms with Gasteiger partial charge in [-0.25, -0.2) is 4.39 Å². The van der Waals surface area contributed by atoms with E-state index >= 15 is 0 Å². The van der Waals surface area contributed by atoms with Gasteiger partial charge in [0, 0.05) is 10.6 Å². The highest BCUT2D eigenvalue weighted by Gasteiger charge is 2.06. The van der Waals surface area contributed by atoms with E-state index < -0.39 is 5.82 Å². The van der Waals surface area contributed by atoms with Gasteiger partial charge in [-0.3, -0.25) is 0 Å². The van der Waals surface area contributed by atoms with Crippen molar-refractivity contribution in [2.75, 3.05) is 12.4 Å². The minimum atomic E-state index is -0.433. The number of phenolic OH excluding ortho intramolecular Hbond substituents is 1. The van der Waals surface area contributed by atoms with E-state index in [1.165, 1.54) is 12.1 Å². The number of phenols is 1. The Hall–Kier alpha value is -0.520. The van der Waals surface area contributed by atoms with Gasteiger partial charge in [0.25, 0.3) is 0 Å². The average Bonchev–Trinajstić information content (AvgIpc) is 1.85. The number of hydrogen-bond acceptors (Lipinski definition) is 2. The Bertz CT molecular complexity index is 254. The second-order valence-electron chi connectivity index (χ2n) is 2.03. The summed E-state index contributed by atoms with van der Waals surface area (Å²) >= 11 is 1.94. The SMILES string of the molecule is CNc1c(O)cc(I)cc1F. The third-order valence-electron chi connectivity index (χ3n) is 1.28. The van der Waals surface area contributed by atoms with E-state index in [-0.39, 0.29) is 11.4 Å². The van der Waals surface area contributed by atoms with E-state index in [1.807, 2.05) is 22.6 Å². The Morgan fingerprint density at radius 2 is 2.18 bits per heavy atom. The maximum absolute atomic E-state index is 12.9. The molecule has 0 aromatic heterocycles. The van der Waals surface area contributed by atoms with Crippen molar-refractivity contribution in [1.29, 1.82) is 0 Å². The number of nitrogens with one attached hydrogen (secondary N) is 1. The van der Waals surface area contributed by atoms with Crippen LogP contribution in [0.1, 0.15) is 0 Å². The normalized spacial score (nSPS) is 9.73. The predicted molar refractivity (Wildman–Crippen MR) is 50.3 cm³/mol. The maximum Gasteiger partial charge on any atom is 0.151 e. The van der Waals surface area contributed by atoms with Crippen molar-refractivity contribution in [3.8, 4) is 5.75 Å². The highest BCUT2D eigenvalue weighted by molar-refractivity contribution is 14.1. The van der Waals surface area contributed by atoms with Gasteiger partial charge in [0.2, 0.25) is 0 Å². The van der Waals surface area contributed by atoms with Crippen molar-refractivity contribution in [3.05, 3.63) is 21.5 Å².